The Morgan fingerprint density at radius 3 is 2.56 bits per heavy atom. The van der Waals surface area contributed by atoms with Gasteiger partial charge in [0.25, 0.3) is 0 Å². The average molecular weight is 223 g/mol. The van der Waals surface area contributed by atoms with Gasteiger partial charge in [-0.2, -0.15) is 0 Å². The second-order valence-corrected chi connectivity index (χ2v) is 4.47. The van der Waals surface area contributed by atoms with Crippen LogP contribution in [0, 0.1) is 5.82 Å². The fourth-order valence-electron chi connectivity index (χ4n) is 2.27. The fourth-order valence-corrected chi connectivity index (χ4v) is 2.27. The topological polar surface area (TPSA) is 35.2 Å². The molecule has 0 radical (unpaired) electrons. The molecule has 3 heteroatoms. The Labute approximate surface area is 95.6 Å². The first-order chi connectivity index (χ1) is 7.76. The quantitative estimate of drug-likeness (QED) is 0.851. The molecule has 0 heterocycles. The van der Waals surface area contributed by atoms with Crippen molar-refractivity contribution < 1.29 is 9.13 Å². The van der Waals surface area contributed by atoms with Gasteiger partial charge in [0.1, 0.15) is 5.82 Å². The molecule has 16 heavy (non-hydrogen) atoms. The summed E-state index contributed by atoms with van der Waals surface area (Å²) in [6, 6.07) is 6.73. The third kappa shape index (κ3) is 2.42. The highest BCUT2D eigenvalue weighted by Crippen LogP contribution is 2.33. The standard InChI is InChI=1S/C13H18FNO/c14-12-6-2-1-5-11(12)9-16-13(10-15)7-3-4-8-13/h1-2,5-6H,3-4,7-10,15H2. The van der Waals surface area contributed by atoms with E-state index in [-0.39, 0.29) is 11.4 Å². The van der Waals surface area contributed by atoms with Gasteiger partial charge < -0.3 is 10.5 Å². The molecule has 0 spiro atoms. The number of hydrogen-bond acceptors (Lipinski definition) is 2. The SMILES string of the molecule is NCC1(OCc2ccccc2F)CCCC1. The minimum Gasteiger partial charge on any atom is -0.369 e. The van der Waals surface area contributed by atoms with Crippen LogP contribution in [0.3, 0.4) is 0 Å². The summed E-state index contributed by atoms with van der Waals surface area (Å²) in [5.74, 6) is -0.201. The van der Waals surface area contributed by atoms with Crippen LogP contribution in [-0.4, -0.2) is 12.1 Å². The molecule has 1 saturated carbocycles. The van der Waals surface area contributed by atoms with Gasteiger partial charge in [0, 0.05) is 12.1 Å². The molecular formula is C13H18FNO. The third-order valence-electron chi connectivity index (χ3n) is 3.38. The van der Waals surface area contributed by atoms with E-state index >= 15 is 0 Å². The molecule has 2 nitrogen and oxygen atoms in total. The second kappa shape index (κ2) is 4.93. The molecule has 88 valence electrons. The maximum absolute atomic E-state index is 13.4. The summed E-state index contributed by atoms with van der Waals surface area (Å²) in [7, 11) is 0. The lowest BCUT2D eigenvalue weighted by Crippen LogP contribution is -2.37. The number of ether oxygens (including phenoxy) is 1. The van der Waals surface area contributed by atoms with Crippen LogP contribution in [0.4, 0.5) is 4.39 Å². The van der Waals surface area contributed by atoms with Gasteiger partial charge in [0.15, 0.2) is 0 Å². The molecule has 1 aromatic rings. The van der Waals surface area contributed by atoms with Gasteiger partial charge in [0.2, 0.25) is 0 Å². The molecule has 0 saturated heterocycles. The predicted molar refractivity (Wildman–Crippen MR) is 61.4 cm³/mol. The molecule has 1 aromatic carbocycles. The Balaban J connectivity index is 1.98. The Morgan fingerprint density at radius 1 is 1.25 bits per heavy atom. The van der Waals surface area contributed by atoms with Gasteiger partial charge in [-0.25, -0.2) is 4.39 Å². The zero-order valence-electron chi connectivity index (χ0n) is 9.42. The second-order valence-electron chi connectivity index (χ2n) is 4.47. The van der Waals surface area contributed by atoms with E-state index in [1.807, 2.05) is 6.07 Å². The average Bonchev–Trinajstić information content (AvgIpc) is 2.78. The molecular weight excluding hydrogens is 205 g/mol. The maximum Gasteiger partial charge on any atom is 0.128 e. The number of rotatable bonds is 4. The van der Waals surface area contributed by atoms with Crippen molar-refractivity contribution in [2.24, 2.45) is 5.73 Å². The number of hydrogen-bond donors (Lipinski definition) is 1. The van der Waals surface area contributed by atoms with Crippen molar-refractivity contribution in [3.63, 3.8) is 0 Å². The van der Waals surface area contributed by atoms with Crippen molar-refractivity contribution in [2.45, 2.75) is 37.9 Å². The minimum atomic E-state index is -0.206. The highest BCUT2D eigenvalue weighted by molar-refractivity contribution is 5.16. The summed E-state index contributed by atoms with van der Waals surface area (Å²) in [5.41, 5.74) is 6.16. The van der Waals surface area contributed by atoms with Crippen LogP contribution in [0.1, 0.15) is 31.2 Å². The first-order valence-electron chi connectivity index (χ1n) is 5.83. The number of halogens is 1. The van der Waals surface area contributed by atoms with E-state index < -0.39 is 0 Å². The molecule has 1 fully saturated rings. The van der Waals surface area contributed by atoms with Crippen LogP contribution in [0.2, 0.25) is 0 Å². The molecule has 1 aliphatic rings. The van der Waals surface area contributed by atoms with Gasteiger partial charge in [-0.3, -0.25) is 0 Å². The number of nitrogens with two attached hydrogens (primary N) is 1. The molecule has 0 bridgehead atoms. The first kappa shape index (κ1) is 11.6. The fraction of sp³-hybridized carbons (Fsp3) is 0.538. The Bertz CT molecular complexity index is 348. The van der Waals surface area contributed by atoms with Gasteiger partial charge >= 0.3 is 0 Å². The largest absolute Gasteiger partial charge is 0.369 e. The zero-order chi connectivity index (χ0) is 11.4. The molecule has 0 amide bonds. The van der Waals surface area contributed by atoms with E-state index in [9.17, 15) is 4.39 Å². The van der Waals surface area contributed by atoms with E-state index in [1.54, 1.807) is 12.1 Å². The molecule has 0 aliphatic heterocycles. The lowest BCUT2D eigenvalue weighted by molar-refractivity contribution is -0.0458. The highest BCUT2D eigenvalue weighted by Gasteiger charge is 2.33. The molecule has 0 aromatic heterocycles. The zero-order valence-corrected chi connectivity index (χ0v) is 9.42. The van der Waals surface area contributed by atoms with E-state index in [4.69, 9.17) is 10.5 Å². The van der Waals surface area contributed by atoms with Gasteiger partial charge in [-0.1, -0.05) is 31.0 Å². The van der Waals surface area contributed by atoms with E-state index in [1.165, 1.54) is 6.07 Å². The van der Waals surface area contributed by atoms with Gasteiger partial charge in [-0.05, 0) is 18.9 Å². The molecule has 0 unspecified atom stereocenters. The smallest absolute Gasteiger partial charge is 0.128 e. The van der Waals surface area contributed by atoms with Gasteiger partial charge in [-0.15, -0.1) is 0 Å². The molecule has 1 aliphatic carbocycles. The van der Waals surface area contributed by atoms with Crippen LogP contribution in [0.15, 0.2) is 24.3 Å². The lowest BCUT2D eigenvalue weighted by Gasteiger charge is -2.27. The first-order valence-corrected chi connectivity index (χ1v) is 5.83. The van der Waals surface area contributed by atoms with Crippen molar-refractivity contribution in [3.8, 4) is 0 Å². The van der Waals surface area contributed by atoms with Crippen molar-refractivity contribution in [1.29, 1.82) is 0 Å². The molecule has 2 rings (SSSR count). The van der Waals surface area contributed by atoms with Crippen LogP contribution >= 0.6 is 0 Å². The van der Waals surface area contributed by atoms with E-state index in [0.29, 0.717) is 18.7 Å². The van der Waals surface area contributed by atoms with Crippen LogP contribution < -0.4 is 5.73 Å². The van der Waals surface area contributed by atoms with E-state index in [2.05, 4.69) is 0 Å². The van der Waals surface area contributed by atoms with E-state index in [0.717, 1.165) is 25.7 Å². The molecule has 0 atom stereocenters. The normalized spacial score (nSPS) is 18.9. The maximum atomic E-state index is 13.4. The minimum absolute atomic E-state index is 0.201. The summed E-state index contributed by atoms with van der Waals surface area (Å²) >= 11 is 0. The van der Waals surface area contributed by atoms with Crippen molar-refractivity contribution >= 4 is 0 Å². The Morgan fingerprint density at radius 2 is 1.94 bits per heavy atom. The summed E-state index contributed by atoms with van der Waals surface area (Å²) in [5, 5.41) is 0. The van der Waals surface area contributed by atoms with Crippen molar-refractivity contribution in [2.75, 3.05) is 6.54 Å². The van der Waals surface area contributed by atoms with Gasteiger partial charge in [0.05, 0.1) is 12.2 Å². The number of benzene rings is 1. The van der Waals surface area contributed by atoms with Crippen LogP contribution in [0.5, 0.6) is 0 Å². The van der Waals surface area contributed by atoms with Crippen molar-refractivity contribution in [3.05, 3.63) is 35.6 Å². The van der Waals surface area contributed by atoms with Crippen LogP contribution in [-0.2, 0) is 11.3 Å². The van der Waals surface area contributed by atoms with Crippen LogP contribution in [0.25, 0.3) is 0 Å². The highest BCUT2D eigenvalue weighted by atomic mass is 19.1. The summed E-state index contributed by atoms with van der Waals surface area (Å²) < 4.78 is 19.2. The summed E-state index contributed by atoms with van der Waals surface area (Å²) in [6.07, 6.45) is 4.32. The summed E-state index contributed by atoms with van der Waals surface area (Å²) in [4.78, 5) is 0. The monoisotopic (exact) mass is 223 g/mol. The molecule has 2 N–H and O–H groups in total. The third-order valence-corrected chi connectivity index (χ3v) is 3.38. The Hall–Kier alpha value is -0.930. The predicted octanol–water partition coefficient (Wildman–Crippen LogP) is 2.61. The van der Waals surface area contributed by atoms with Crippen molar-refractivity contribution in [1.82, 2.24) is 0 Å². The summed E-state index contributed by atoms with van der Waals surface area (Å²) in [6.45, 7) is 0.853. The lowest BCUT2D eigenvalue weighted by atomic mass is 10.0. The Kier molecular flexibility index (Phi) is 3.56.